The summed E-state index contributed by atoms with van der Waals surface area (Å²) >= 11 is 7.15. The second-order valence-electron chi connectivity index (χ2n) is 4.85. The molecule has 1 N–H and O–H groups in total. The molecule has 0 saturated heterocycles. The van der Waals surface area contributed by atoms with Crippen LogP contribution in [-0.4, -0.2) is 7.05 Å². The molecular formula is C16H16Br2FN. The average Bonchev–Trinajstić information content (AvgIpc) is 2.40. The lowest BCUT2D eigenvalue weighted by atomic mass is 9.97. The van der Waals surface area contributed by atoms with E-state index in [1.807, 2.05) is 26.1 Å². The minimum atomic E-state index is -0.176. The number of halogens is 3. The topological polar surface area (TPSA) is 12.0 Å². The van der Waals surface area contributed by atoms with Crippen molar-refractivity contribution in [2.24, 2.45) is 0 Å². The predicted molar refractivity (Wildman–Crippen MR) is 88.6 cm³/mol. The molecule has 2 aromatic rings. The first-order valence-electron chi connectivity index (χ1n) is 6.33. The molecule has 4 heteroatoms. The number of benzene rings is 2. The molecular weight excluding hydrogens is 385 g/mol. The number of nitrogens with one attached hydrogen (secondary N) is 1. The van der Waals surface area contributed by atoms with E-state index >= 15 is 0 Å². The van der Waals surface area contributed by atoms with Gasteiger partial charge in [0.05, 0.1) is 6.04 Å². The Morgan fingerprint density at radius 2 is 1.70 bits per heavy atom. The third-order valence-electron chi connectivity index (χ3n) is 3.41. The van der Waals surface area contributed by atoms with E-state index in [-0.39, 0.29) is 11.9 Å². The van der Waals surface area contributed by atoms with Gasteiger partial charge in [-0.05, 0) is 61.3 Å². The maximum absolute atomic E-state index is 13.8. The lowest BCUT2D eigenvalue weighted by molar-refractivity contribution is 0.608. The molecule has 1 nitrogen and oxygen atoms in total. The molecule has 2 aromatic carbocycles. The maximum Gasteiger partial charge on any atom is 0.126 e. The molecule has 0 heterocycles. The van der Waals surface area contributed by atoms with Gasteiger partial charge in [0.1, 0.15) is 5.82 Å². The van der Waals surface area contributed by atoms with Crippen LogP contribution in [0.1, 0.15) is 28.3 Å². The summed E-state index contributed by atoms with van der Waals surface area (Å²) in [5.41, 5.74) is 3.80. The van der Waals surface area contributed by atoms with E-state index in [0.29, 0.717) is 5.56 Å². The molecule has 0 aliphatic rings. The van der Waals surface area contributed by atoms with Gasteiger partial charge < -0.3 is 5.32 Å². The normalized spacial score (nSPS) is 12.5. The third-order valence-corrected chi connectivity index (χ3v) is 4.95. The molecule has 0 bridgehead atoms. The summed E-state index contributed by atoms with van der Waals surface area (Å²) < 4.78 is 15.8. The first-order chi connectivity index (χ1) is 9.43. The van der Waals surface area contributed by atoms with Crippen LogP contribution in [0.3, 0.4) is 0 Å². The maximum atomic E-state index is 13.8. The average molecular weight is 401 g/mol. The molecule has 2 rings (SSSR count). The van der Waals surface area contributed by atoms with E-state index in [1.165, 1.54) is 0 Å². The van der Waals surface area contributed by atoms with E-state index in [4.69, 9.17) is 0 Å². The minimum absolute atomic E-state index is 0.0589. The Labute approximate surface area is 135 Å². The first kappa shape index (κ1) is 15.7. The van der Waals surface area contributed by atoms with Gasteiger partial charge in [-0.25, -0.2) is 4.39 Å². The fourth-order valence-electron chi connectivity index (χ4n) is 2.17. The first-order valence-corrected chi connectivity index (χ1v) is 7.91. The van der Waals surface area contributed by atoms with Gasteiger partial charge in [0.15, 0.2) is 0 Å². The molecule has 0 fully saturated rings. The van der Waals surface area contributed by atoms with Crippen molar-refractivity contribution in [2.75, 3.05) is 7.05 Å². The third kappa shape index (κ3) is 3.13. The van der Waals surface area contributed by atoms with Crippen molar-refractivity contribution in [3.05, 3.63) is 67.3 Å². The van der Waals surface area contributed by atoms with Crippen molar-refractivity contribution in [3.63, 3.8) is 0 Å². The number of hydrogen-bond donors (Lipinski definition) is 1. The fraction of sp³-hybridized carbons (Fsp3) is 0.250. The largest absolute Gasteiger partial charge is 0.309 e. The summed E-state index contributed by atoms with van der Waals surface area (Å²) in [5.74, 6) is -0.176. The Bertz CT molecular complexity index is 641. The zero-order valence-corrected chi connectivity index (χ0v) is 14.8. The highest BCUT2D eigenvalue weighted by Gasteiger charge is 2.17. The molecule has 0 aromatic heterocycles. The zero-order chi connectivity index (χ0) is 14.9. The van der Waals surface area contributed by atoms with Crippen LogP contribution in [0, 0.1) is 19.7 Å². The van der Waals surface area contributed by atoms with Gasteiger partial charge in [0.25, 0.3) is 0 Å². The fourth-order valence-corrected chi connectivity index (χ4v) is 3.22. The van der Waals surface area contributed by atoms with Crippen molar-refractivity contribution < 1.29 is 4.39 Å². The van der Waals surface area contributed by atoms with Crippen LogP contribution in [0.4, 0.5) is 4.39 Å². The number of rotatable bonds is 3. The van der Waals surface area contributed by atoms with Crippen LogP contribution < -0.4 is 5.32 Å². The summed E-state index contributed by atoms with van der Waals surface area (Å²) in [5, 5.41) is 3.25. The van der Waals surface area contributed by atoms with Gasteiger partial charge in [0.2, 0.25) is 0 Å². The smallest absolute Gasteiger partial charge is 0.126 e. The molecule has 0 radical (unpaired) electrons. The molecule has 106 valence electrons. The summed E-state index contributed by atoms with van der Waals surface area (Å²) in [6.07, 6.45) is 0. The minimum Gasteiger partial charge on any atom is -0.309 e. The number of aryl methyl sites for hydroxylation is 2. The van der Waals surface area contributed by atoms with Crippen molar-refractivity contribution >= 4 is 31.9 Å². The van der Waals surface area contributed by atoms with Crippen LogP contribution in [0.5, 0.6) is 0 Å². The monoisotopic (exact) mass is 399 g/mol. The van der Waals surface area contributed by atoms with Crippen LogP contribution in [-0.2, 0) is 0 Å². The Hall–Kier alpha value is -0.710. The molecule has 0 aliphatic carbocycles. The van der Waals surface area contributed by atoms with E-state index in [1.54, 1.807) is 13.0 Å². The van der Waals surface area contributed by atoms with Crippen molar-refractivity contribution in [1.29, 1.82) is 0 Å². The quantitative estimate of drug-likeness (QED) is 0.739. The Balaban J connectivity index is 2.52. The highest BCUT2D eigenvalue weighted by molar-refractivity contribution is 9.11. The van der Waals surface area contributed by atoms with Crippen molar-refractivity contribution in [1.82, 2.24) is 5.32 Å². The second kappa shape index (κ2) is 6.37. The summed E-state index contributed by atoms with van der Waals surface area (Å²) in [6.45, 7) is 3.81. The van der Waals surface area contributed by atoms with Gasteiger partial charge in [-0.2, -0.15) is 0 Å². The highest BCUT2D eigenvalue weighted by atomic mass is 79.9. The second-order valence-corrected chi connectivity index (χ2v) is 6.56. The van der Waals surface area contributed by atoms with Crippen molar-refractivity contribution in [3.8, 4) is 0 Å². The molecule has 0 saturated carbocycles. The van der Waals surface area contributed by atoms with Crippen LogP contribution >= 0.6 is 31.9 Å². The molecule has 0 aliphatic heterocycles. The molecule has 20 heavy (non-hydrogen) atoms. The van der Waals surface area contributed by atoms with Crippen LogP contribution in [0.25, 0.3) is 0 Å². The molecule has 1 atom stereocenters. The summed E-state index contributed by atoms with van der Waals surface area (Å²) in [4.78, 5) is 0. The van der Waals surface area contributed by atoms with Gasteiger partial charge >= 0.3 is 0 Å². The predicted octanol–water partition coefficient (Wildman–Crippen LogP) is 5.28. The highest BCUT2D eigenvalue weighted by Crippen LogP contribution is 2.33. The van der Waals surface area contributed by atoms with E-state index < -0.39 is 0 Å². The molecule has 1 unspecified atom stereocenters. The molecule has 0 amide bonds. The van der Waals surface area contributed by atoms with E-state index in [2.05, 4.69) is 49.3 Å². The standard InChI is InChI=1S/C16H16Br2FN/c1-9-4-5-11(7-15(9)19)16(20-3)12-8-13(17)10(2)6-14(12)18/h4-8,16,20H,1-3H3. The van der Waals surface area contributed by atoms with E-state index in [0.717, 1.165) is 25.6 Å². The van der Waals surface area contributed by atoms with Crippen LogP contribution in [0.2, 0.25) is 0 Å². The zero-order valence-electron chi connectivity index (χ0n) is 11.6. The number of hydrogen-bond acceptors (Lipinski definition) is 1. The SMILES string of the molecule is CNC(c1ccc(C)c(F)c1)c1cc(Br)c(C)cc1Br. The summed E-state index contributed by atoms with van der Waals surface area (Å²) in [7, 11) is 1.88. The Morgan fingerprint density at radius 1 is 1.00 bits per heavy atom. The van der Waals surface area contributed by atoms with E-state index in [9.17, 15) is 4.39 Å². The Morgan fingerprint density at radius 3 is 2.30 bits per heavy atom. The van der Waals surface area contributed by atoms with Crippen molar-refractivity contribution in [2.45, 2.75) is 19.9 Å². The lowest BCUT2D eigenvalue weighted by Gasteiger charge is -2.20. The molecule has 0 spiro atoms. The van der Waals surface area contributed by atoms with Crippen LogP contribution in [0.15, 0.2) is 39.3 Å². The van der Waals surface area contributed by atoms with Gasteiger partial charge in [-0.1, -0.05) is 44.0 Å². The Kier molecular flexibility index (Phi) is 4.99. The van der Waals surface area contributed by atoms with Gasteiger partial charge in [0, 0.05) is 8.95 Å². The van der Waals surface area contributed by atoms with Gasteiger partial charge in [-0.3, -0.25) is 0 Å². The van der Waals surface area contributed by atoms with Gasteiger partial charge in [-0.15, -0.1) is 0 Å². The lowest BCUT2D eigenvalue weighted by Crippen LogP contribution is -2.18. The summed E-state index contributed by atoms with van der Waals surface area (Å²) in [6, 6.07) is 9.44.